The Hall–Kier alpha value is -3.44. The number of carbonyl (C=O) groups is 2. The summed E-state index contributed by atoms with van der Waals surface area (Å²) in [6, 6.07) is 25.9. The summed E-state index contributed by atoms with van der Waals surface area (Å²) in [6.07, 6.45) is 0. The average Bonchev–Trinajstić information content (AvgIpc) is 2.81. The molecule has 1 aliphatic heterocycles. The van der Waals surface area contributed by atoms with E-state index in [0.717, 1.165) is 54.2 Å². The Balaban J connectivity index is 1.26. The monoisotopic (exact) mass is 413 g/mol. The van der Waals surface area contributed by atoms with Gasteiger partial charge in [-0.25, -0.2) is 0 Å². The molecule has 0 radical (unpaired) electrons. The number of rotatable bonds is 6. The van der Waals surface area contributed by atoms with Crippen LogP contribution in [0.4, 0.5) is 11.4 Å². The molecule has 5 nitrogen and oxygen atoms in total. The molecule has 0 atom stereocenters. The summed E-state index contributed by atoms with van der Waals surface area (Å²) >= 11 is 0. The van der Waals surface area contributed by atoms with Crippen molar-refractivity contribution in [3.05, 3.63) is 84.4 Å². The molecule has 1 fully saturated rings. The predicted molar refractivity (Wildman–Crippen MR) is 126 cm³/mol. The average molecular weight is 414 g/mol. The summed E-state index contributed by atoms with van der Waals surface area (Å²) in [5, 5.41) is 3.00. The highest BCUT2D eigenvalue weighted by atomic mass is 16.2. The molecule has 0 aromatic heterocycles. The lowest BCUT2D eigenvalue weighted by Gasteiger charge is -2.35. The fourth-order valence-electron chi connectivity index (χ4n) is 3.85. The first-order valence-corrected chi connectivity index (χ1v) is 10.6. The van der Waals surface area contributed by atoms with Crippen LogP contribution in [0.3, 0.4) is 0 Å². The van der Waals surface area contributed by atoms with Gasteiger partial charge in [-0.15, -0.1) is 0 Å². The number of hydrogen-bond acceptors (Lipinski definition) is 4. The second kappa shape index (κ2) is 9.58. The van der Waals surface area contributed by atoms with E-state index < -0.39 is 0 Å². The van der Waals surface area contributed by atoms with Gasteiger partial charge in [0.05, 0.1) is 6.54 Å². The summed E-state index contributed by atoms with van der Waals surface area (Å²) in [4.78, 5) is 28.4. The summed E-state index contributed by atoms with van der Waals surface area (Å²) < 4.78 is 0. The van der Waals surface area contributed by atoms with Gasteiger partial charge in [-0.05, 0) is 54.4 Å². The van der Waals surface area contributed by atoms with Gasteiger partial charge < -0.3 is 10.2 Å². The maximum Gasteiger partial charge on any atom is 0.238 e. The van der Waals surface area contributed by atoms with E-state index in [2.05, 4.69) is 27.2 Å². The molecule has 1 amide bonds. The molecule has 4 rings (SSSR count). The molecule has 3 aromatic carbocycles. The van der Waals surface area contributed by atoms with Crippen molar-refractivity contribution >= 4 is 23.1 Å². The molecule has 3 aromatic rings. The molecular weight excluding hydrogens is 386 g/mol. The maximum absolute atomic E-state index is 12.5. The summed E-state index contributed by atoms with van der Waals surface area (Å²) in [5.74, 6) is 0.0869. The van der Waals surface area contributed by atoms with Gasteiger partial charge in [0.15, 0.2) is 5.78 Å². The van der Waals surface area contributed by atoms with Gasteiger partial charge in [-0.1, -0.05) is 42.5 Å². The van der Waals surface area contributed by atoms with Crippen LogP contribution in [0.2, 0.25) is 0 Å². The van der Waals surface area contributed by atoms with Crippen molar-refractivity contribution in [1.82, 2.24) is 4.90 Å². The number of nitrogens with one attached hydrogen (secondary N) is 1. The molecular formula is C26H27N3O2. The number of hydrogen-bond donors (Lipinski definition) is 1. The smallest absolute Gasteiger partial charge is 0.238 e. The van der Waals surface area contributed by atoms with Crippen LogP contribution in [0.25, 0.3) is 11.1 Å². The number of amides is 1. The van der Waals surface area contributed by atoms with Crippen LogP contribution in [-0.4, -0.2) is 49.3 Å². The Morgan fingerprint density at radius 1 is 0.774 bits per heavy atom. The largest absolute Gasteiger partial charge is 0.369 e. The van der Waals surface area contributed by atoms with Crippen LogP contribution >= 0.6 is 0 Å². The van der Waals surface area contributed by atoms with Crippen LogP contribution in [0.1, 0.15) is 17.3 Å². The third kappa shape index (κ3) is 5.38. The van der Waals surface area contributed by atoms with E-state index in [4.69, 9.17) is 0 Å². The van der Waals surface area contributed by atoms with E-state index in [1.807, 2.05) is 66.7 Å². The SMILES string of the molecule is CC(=O)c1ccc(N2CCN(CC(=O)Nc3ccc(-c4ccccc4)cc3)CC2)cc1. The molecule has 0 unspecified atom stereocenters. The van der Waals surface area contributed by atoms with Gasteiger partial charge in [0.1, 0.15) is 0 Å². The standard InChI is InChI=1S/C26H27N3O2/c1-20(30)21-9-13-25(14-10-21)29-17-15-28(16-18-29)19-26(31)27-24-11-7-23(8-12-24)22-5-3-2-4-6-22/h2-14H,15-19H2,1H3,(H,27,31). The second-order valence-electron chi connectivity index (χ2n) is 7.86. The Bertz CT molecular complexity index is 1020. The molecule has 1 N–H and O–H groups in total. The Morgan fingerprint density at radius 2 is 1.39 bits per heavy atom. The van der Waals surface area contributed by atoms with E-state index in [-0.39, 0.29) is 11.7 Å². The highest BCUT2D eigenvalue weighted by Gasteiger charge is 2.19. The number of anilines is 2. The maximum atomic E-state index is 12.5. The minimum Gasteiger partial charge on any atom is -0.369 e. The number of ketones is 1. The molecule has 0 aliphatic carbocycles. The first-order valence-electron chi connectivity index (χ1n) is 10.6. The van der Waals surface area contributed by atoms with E-state index in [1.54, 1.807) is 6.92 Å². The van der Waals surface area contributed by atoms with Crippen LogP contribution in [0.15, 0.2) is 78.9 Å². The van der Waals surface area contributed by atoms with Crippen LogP contribution in [0.5, 0.6) is 0 Å². The van der Waals surface area contributed by atoms with Gasteiger partial charge in [0, 0.05) is 43.1 Å². The molecule has 1 heterocycles. The van der Waals surface area contributed by atoms with Crippen molar-refractivity contribution < 1.29 is 9.59 Å². The zero-order chi connectivity index (χ0) is 21.6. The van der Waals surface area contributed by atoms with E-state index in [1.165, 1.54) is 0 Å². The number of carbonyl (C=O) groups excluding carboxylic acids is 2. The Morgan fingerprint density at radius 3 is 2.00 bits per heavy atom. The number of Topliss-reactive ketones (excluding diaryl/α,β-unsaturated/α-hetero) is 1. The number of piperazine rings is 1. The van der Waals surface area contributed by atoms with Gasteiger partial charge in [0.2, 0.25) is 5.91 Å². The highest BCUT2D eigenvalue weighted by Crippen LogP contribution is 2.21. The first-order chi connectivity index (χ1) is 15.1. The predicted octanol–water partition coefficient (Wildman–Crippen LogP) is 4.32. The van der Waals surface area contributed by atoms with Gasteiger partial charge in [-0.3, -0.25) is 14.5 Å². The zero-order valence-electron chi connectivity index (χ0n) is 17.8. The first kappa shape index (κ1) is 20.8. The summed E-state index contributed by atoms with van der Waals surface area (Å²) in [7, 11) is 0. The Kier molecular flexibility index (Phi) is 6.43. The summed E-state index contributed by atoms with van der Waals surface area (Å²) in [5.41, 5.74) is 4.96. The quantitative estimate of drug-likeness (QED) is 0.612. The molecule has 1 aliphatic rings. The lowest BCUT2D eigenvalue weighted by Crippen LogP contribution is -2.48. The van der Waals surface area contributed by atoms with Crippen molar-refractivity contribution in [3.63, 3.8) is 0 Å². The lowest BCUT2D eigenvalue weighted by molar-refractivity contribution is -0.117. The van der Waals surface area contributed by atoms with E-state index in [0.29, 0.717) is 6.54 Å². The molecule has 5 heteroatoms. The lowest BCUT2D eigenvalue weighted by atomic mass is 10.1. The second-order valence-corrected chi connectivity index (χ2v) is 7.86. The molecule has 31 heavy (non-hydrogen) atoms. The zero-order valence-corrected chi connectivity index (χ0v) is 17.8. The van der Waals surface area contributed by atoms with Crippen molar-refractivity contribution in [1.29, 1.82) is 0 Å². The third-order valence-electron chi connectivity index (χ3n) is 5.65. The fraction of sp³-hybridized carbons (Fsp3) is 0.231. The van der Waals surface area contributed by atoms with Gasteiger partial charge >= 0.3 is 0 Å². The van der Waals surface area contributed by atoms with Crippen molar-refractivity contribution in [2.24, 2.45) is 0 Å². The van der Waals surface area contributed by atoms with E-state index >= 15 is 0 Å². The van der Waals surface area contributed by atoms with Crippen LogP contribution in [-0.2, 0) is 4.79 Å². The minimum absolute atomic E-state index is 0.00622. The third-order valence-corrected chi connectivity index (χ3v) is 5.65. The van der Waals surface area contributed by atoms with Crippen molar-refractivity contribution in [2.45, 2.75) is 6.92 Å². The fourth-order valence-corrected chi connectivity index (χ4v) is 3.85. The highest BCUT2D eigenvalue weighted by molar-refractivity contribution is 5.94. The number of nitrogens with zero attached hydrogens (tertiary/aromatic N) is 2. The molecule has 0 saturated carbocycles. The van der Waals surface area contributed by atoms with Gasteiger partial charge in [-0.2, -0.15) is 0 Å². The van der Waals surface area contributed by atoms with Crippen molar-refractivity contribution in [2.75, 3.05) is 42.9 Å². The van der Waals surface area contributed by atoms with Crippen molar-refractivity contribution in [3.8, 4) is 11.1 Å². The van der Waals surface area contributed by atoms with E-state index in [9.17, 15) is 9.59 Å². The molecule has 1 saturated heterocycles. The molecule has 0 spiro atoms. The molecule has 158 valence electrons. The minimum atomic E-state index is 0.00622. The van der Waals surface area contributed by atoms with Crippen LogP contribution in [0, 0.1) is 0 Å². The number of benzene rings is 3. The van der Waals surface area contributed by atoms with Gasteiger partial charge in [0.25, 0.3) is 0 Å². The topological polar surface area (TPSA) is 52.7 Å². The molecule has 0 bridgehead atoms. The van der Waals surface area contributed by atoms with Crippen LogP contribution < -0.4 is 10.2 Å². The summed E-state index contributed by atoms with van der Waals surface area (Å²) in [6.45, 7) is 5.34. The Labute approximate surface area is 183 Å². The normalized spacial score (nSPS) is 14.3.